The van der Waals surface area contributed by atoms with E-state index in [-0.39, 0.29) is 17.1 Å². The fraction of sp³-hybridized carbons (Fsp3) is 0.364. The highest BCUT2D eigenvalue weighted by Crippen LogP contribution is 2.35. The van der Waals surface area contributed by atoms with Crippen LogP contribution in [0.3, 0.4) is 0 Å². The second kappa shape index (κ2) is 8.37. The average molecular weight is 397 g/mol. The molecule has 6 heteroatoms. The number of quaternary nitrogens is 1. The van der Waals surface area contributed by atoms with Crippen molar-refractivity contribution >= 4 is 29.3 Å². The Bertz CT molecular complexity index is 893. The van der Waals surface area contributed by atoms with E-state index < -0.39 is 0 Å². The minimum atomic E-state index is -0.121. The predicted molar refractivity (Wildman–Crippen MR) is 112 cm³/mol. The summed E-state index contributed by atoms with van der Waals surface area (Å²) in [6, 6.07) is 13.9. The van der Waals surface area contributed by atoms with Crippen molar-refractivity contribution in [1.29, 1.82) is 0 Å². The number of likely N-dealkylation sites (tertiary alicyclic amines) is 1. The summed E-state index contributed by atoms with van der Waals surface area (Å²) in [5, 5.41) is 5.82. The lowest BCUT2D eigenvalue weighted by Crippen LogP contribution is -3.08. The van der Waals surface area contributed by atoms with Crippen molar-refractivity contribution < 1.29 is 14.5 Å². The molecule has 146 valence electrons. The summed E-state index contributed by atoms with van der Waals surface area (Å²) < 4.78 is 0. The van der Waals surface area contributed by atoms with E-state index in [9.17, 15) is 9.59 Å². The lowest BCUT2D eigenvalue weighted by Gasteiger charge is -2.21. The molecule has 1 atom stereocenters. The van der Waals surface area contributed by atoms with Gasteiger partial charge in [0, 0.05) is 35.4 Å². The Hall–Kier alpha value is -2.31. The molecule has 2 aliphatic heterocycles. The number of hydrogen-bond acceptors (Lipinski definition) is 3. The molecule has 0 aromatic heterocycles. The van der Waals surface area contributed by atoms with Crippen molar-refractivity contribution in [2.24, 2.45) is 0 Å². The molecular weight excluding hydrogens is 370 g/mol. The average Bonchev–Trinajstić information content (AvgIpc) is 3.21. The van der Waals surface area contributed by atoms with Gasteiger partial charge >= 0.3 is 0 Å². The second-order valence-corrected chi connectivity index (χ2v) is 8.93. The molecule has 0 radical (unpaired) electrons. The Labute approximate surface area is 169 Å². The summed E-state index contributed by atoms with van der Waals surface area (Å²) in [4.78, 5) is 27.2. The molecule has 2 aromatic rings. The summed E-state index contributed by atoms with van der Waals surface area (Å²) in [7, 11) is 0. The standard InChI is InChI=1S/C22H25N3O2S/c1-15-21(26)24-19-12-16(8-9-20(19)28-15)22(27)23-13-17-6-2-3-7-18(17)14-25-10-4-5-11-25/h2-3,6-9,12,15H,4-5,10-11,13-14H2,1H3,(H,23,27)(H,24,26)/p+1/t15-/m0/s1. The Morgan fingerprint density at radius 2 is 1.93 bits per heavy atom. The molecule has 28 heavy (non-hydrogen) atoms. The van der Waals surface area contributed by atoms with Gasteiger partial charge in [0.2, 0.25) is 5.91 Å². The maximum Gasteiger partial charge on any atom is 0.251 e. The summed E-state index contributed by atoms with van der Waals surface area (Å²) in [6.45, 7) is 5.88. The number of carbonyl (C=O) groups excluding carboxylic acids is 2. The van der Waals surface area contributed by atoms with Crippen LogP contribution in [-0.4, -0.2) is 30.2 Å². The number of benzene rings is 2. The van der Waals surface area contributed by atoms with E-state index in [0.29, 0.717) is 12.1 Å². The van der Waals surface area contributed by atoms with E-state index in [1.165, 1.54) is 48.8 Å². The SMILES string of the molecule is C[C@@H]1Sc2ccc(C(=O)NCc3ccccc3C[NH+]3CCCC3)cc2NC1=O. The first-order valence-electron chi connectivity index (χ1n) is 9.90. The molecular formula is C22H26N3O2S+. The van der Waals surface area contributed by atoms with Crippen molar-refractivity contribution in [3.05, 3.63) is 59.2 Å². The normalized spacial score (nSPS) is 19.2. The number of amides is 2. The predicted octanol–water partition coefficient (Wildman–Crippen LogP) is 2.23. The molecule has 4 rings (SSSR count). The first kappa shape index (κ1) is 19.0. The van der Waals surface area contributed by atoms with Crippen LogP contribution in [0.4, 0.5) is 5.69 Å². The molecule has 0 unspecified atom stereocenters. The number of carbonyl (C=O) groups is 2. The van der Waals surface area contributed by atoms with E-state index in [1.807, 2.05) is 25.1 Å². The summed E-state index contributed by atoms with van der Waals surface area (Å²) >= 11 is 1.52. The van der Waals surface area contributed by atoms with Crippen LogP contribution in [-0.2, 0) is 17.9 Å². The smallest absolute Gasteiger partial charge is 0.251 e. The minimum absolute atomic E-state index is 0.0200. The third-order valence-corrected chi connectivity index (χ3v) is 6.66. The minimum Gasteiger partial charge on any atom is -0.348 e. The van der Waals surface area contributed by atoms with Gasteiger partial charge in [-0.15, -0.1) is 11.8 Å². The van der Waals surface area contributed by atoms with Gasteiger partial charge in [0.15, 0.2) is 0 Å². The molecule has 5 nitrogen and oxygen atoms in total. The molecule has 1 saturated heterocycles. The van der Waals surface area contributed by atoms with Gasteiger partial charge in [-0.25, -0.2) is 0 Å². The Kier molecular flexibility index (Phi) is 5.69. The van der Waals surface area contributed by atoms with Gasteiger partial charge in [0.05, 0.1) is 24.0 Å². The molecule has 2 heterocycles. The van der Waals surface area contributed by atoms with Gasteiger partial charge < -0.3 is 15.5 Å². The Morgan fingerprint density at radius 1 is 1.18 bits per heavy atom. The van der Waals surface area contributed by atoms with Crippen molar-refractivity contribution in [1.82, 2.24) is 5.32 Å². The van der Waals surface area contributed by atoms with Crippen LogP contribution >= 0.6 is 11.8 Å². The monoisotopic (exact) mass is 396 g/mol. The van der Waals surface area contributed by atoms with Crippen LogP contribution in [0.1, 0.15) is 41.3 Å². The van der Waals surface area contributed by atoms with Crippen LogP contribution < -0.4 is 15.5 Å². The quantitative estimate of drug-likeness (QED) is 0.726. The van der Waals surface area contributed by atoms with Gasteiger partial charge in [0.25, 0.3) is 5.91 Å². The van der Waals surface area contributed by atoms with Gasteiger partial charge in [-0.2, -0.15) is 0 Å². The zero-order valence-corrected chi connectivity index (χ0v) is 16.9. The summed E-state index contributed by atoms with van der Waals surface area (Å²) in [5.74, 6) is -0.141. The van der Waals surface area contributed by atoms with E-state index in [4.69, 9.17) is 0 Å². The van der Waals surface area contributed by atoms with Crippen molar-refractivity contribution in [2.75, 3.05) is 18.4 Å². The summed E-state index contributed by atoms with van der Waals surface area (Å²) in [5.41, 5.74) is 3.77. The highest BCUT2D eigenvalue weighted by atomic mass is 32.2. The molecule has 0 aliphatic carbocycles. The number of fused-ring (bicyclic) bond motifs is 1. The molecule has 2 aliphatic rings. The van der Waals surface area contributed by atoms with Crippen molar-refractivity contribution in [3.63, 3.8) is 0 Å². The van der Waals surface area contributed by atoms with Gasteiger partial charge in [-0.05, 0) is 30.7 Å². The Balaban J connectivity index is 1.42. The first-order valence-corrected chi connectivity index (χ1v) is 10.8. The van der Waals surface area contributed by atoms with Crippen molar-refractivity contribution in [2.45, 2.75) is 43.0 Å². The summed E-state index contributed by atoms with van der Waals surface area (Å²) in [6.07, 6.45) is 2.61. The zero-order valence-electron chi connectivity index (χ0n) is 16.1. The maximum absolute atomic E-state index is 12.7. The molecule has 2 aromatic carbocycles. The van der Waals surface area contributed by atoms with E-state index in [0.717, 1.165) is 17.1 Å². The second-order valence-electron chi connectivity index (χ2n) is 7.55. The fourth-order valence-corrected chi connectivity index (χ4v) is 4.78. The highest BCUT2D eigenvalue weighted by Gasteiger charge is 2.24. The van der Waals surface area contributed by atoms with E-state index >= 15 is 0 Å². The number of thioether (sulfide) groups is 1. The topological polar surface area (TPSA) is 62.6 Å². The lowest BCUT2D eigenvalue weighted by molar-refractivity contribution is -0.901. The highest BCUT2D eigenvalue weighted by molar-refractivity contribution is 8.00. The molecule has 0 spiro atoms. The van der Waals surface area contributed by atoms with Crippen LogP contribution in [0.5, 0.6) is 0 Å². The van der Waals surface area contributed by atoms with Crippen LogP contribution in [0.2, 0.25) is 0 Å². The number of nitrogens with one attached hydrogen (secondary N) is 3. The maximum atomic E-state index is 12.7. The van der Waals surface area contributed by atoms with Crippen LogP contribution in [0, 0.1) is 0 Å². The number of hydrogen-bond donors (Lipinski definition) is 3. The number of anilines is 1. The molecule has 0 bridgehead atoms. The fourth-order valence-electron chi connectivity index (χ4n) is 3.85. The van der Waals surface area contributed by atoms with E-state index in [2.05, 4.69) is 28.8 Å². The van der Waals surface area contributed by atoms with Crippen molar-refractivity contribution in [3.8, 4) is 0 Å². The number of rotatable bonds is 5. The molecule has 0 saturated carbocycles. The lowest BCUT2D eigenvalue weighted by atomic mass is 10.1. The molecule has 3 N–H and O–H groups in total. The Morgan fingerprint density at radius 3 is 2.71 bits per heavy atom. The molecule has 2 amide bonds. The first-order chi connectivity index (χ1) is 13.6. The van der Waals surface area contributed by atoms with Gasteiger partial charge in [-0.1, -0.05) is 24.3 Å². The largest absolute Gasteiger partial charge is 0.348 e. The third-order valence-electron chi connectivity index (χ3n) is 5.48. The third kappa shape index (κ3) is 4.23. The zero-order chi connectivity index (χ0) is 19.5. The van der Waals surface area contributed by atoms with Gasteiger partial charge in [0.1, 0.15) is 6.54 Å². The molecule has 1 fully saturated rings. The van der Waals surface area contributed by atoms with Crippen LogP contribution in [0.15, 0.2) is 47.4 Å². The van der Waals surface area contributed by atoms with Gasteiger partial charge in [-0.3, -0.25) is 9.59 Å². The van der Waals surface area contributed by atoms with E-state index in [1.54, 1.807) is 11.0 Å². The van der Waals surface area contributed by atoms with Crippen LogP contribution in [0.25, 0.3) is 0 Å².